The van der Waals surface area contributed by atoms with E-state index in [9.17, 15) is 8.42 Å². The number of nitrogens with one attached hydrogen (secondary N) is 1. The van der Waals surface area contributed by atoms with E-state index in [1.54, 1.807) is 12.1 Å². The summed E-state index contributed by atoms with van der Waals surface area (Å²) in [4.78, 5) is 0.233. The van der Waals surface area contributed by atoms with Gasteiger partial charge in [0.1, 0.15) is 12.4 Å². The van der Waals surface area contributed by atoms with Crippen LogP contribution in [0.5, 0.6) is 5.75 Å². The van der Waals surface area contributed by atoms with Crippen LogP contribution in [0.3, 0.4) is 0 Å². The molecular weight excluding hydrogens is 278 g/mol. The Morgan fingerprint density at radius 2 is 1.95 bits per heavy atom. The standard InChI is InChI=1S/C14H21NO4S/c1-14(7-2-8-14)11-15-20(17,18)13-5-3-12(4-6-13)19-10-9-16/h3-6,15-16H,2,7-11H2,1H3. The van der Waals surface area contributed by atoms with E-state index in [-0.39, 0.29) is 23.5 Å². The molecule has 1 aliphatic rings. The van der Waals surface area contributed by atoms with E-state index in [1.165, 1.54) is 18.6 Å². The first-order chi connectivity index (χ1) is 9.45. The average molecular weight is 299 g/mol. The summed E-state index contributed by atoms with van der Waals surface area (Å²) < 4.78 is 32.2. The highest BCUT2D eigenvalue weighted by Gasteiger charge is 2.32. The van der Waals surface area contributed by atoms with E-state index in [0.29, 0.717) is 12.3 Å². The molecule has 0 unspecified atom stereocenters. The van der Waals surface area contributed by atoms with Gasteiger partial charge < -0.3 is 9.84 Å². The number of aliphatic hydroxyl groups is 1. The summed E-state index contributed by atoms with van der Waals surface area (Å²) in [6.45, 7) is 2.71. The van der Waals surface area contributed by atoms with Crippen LogP contribution < -0.4 is 9.46 Å². The Morgan fingerprint density at radius 3 is 2.45 bits per heavy atom. The Hall–Kier alpha value is -1.11. The summed E-state index contributed by atoms with van der Waals surface area (Å²) >= 11 is 0. The maximum absolute atomic E-state index is 12.2. The van der Waals surface area contributed by atoms with Crippen LogP contribution in [0.2, 0.25) is 0 Å². The molecule has 20 heavy (non-hydrogen) atoms. The third-order valence-corrected chi connectivity index (χ3v) is 5.16. The van der Waals surface area contributed by atoms with Crippen LogP contribution >= 0.6 is 0 Å². The van der Waals surface area contributed by atoms with E-state index in [4.69, 9.17) is 9.84 Å². The number of hydrogen-bond donors (Lipinski definition) is 2. The van der Waals surface area contributed by atoms with Gasteiger partial charge in [0.15, 0.2) is 0 Å². The Morgan fingerprint density at radius 1 is 1.30 bits per heavy atom. The molecule has 112 valence electrons. The van der Waals surface area contributed by atoms with E-state index in [1.807, 2.05) is 0 Å². The van der Waals surface area contributed by atoms with Crippen LogP contribution in [-0.2, 0) is 10.0 Å². The monoisotopic (exact) mass is 299 g/mol. The van der Waals surface area contributed by atoms with Gasteiger partial charge in [-0.15, -0.1) is 0 Å². The molecule has 5 nitrogen and oxygen atoms in total. The normalized spacial score (nSPS) is 17.5. The molecule has 1 fully saturated rings. The third kappa shape index (κ3) is 3.71. The lowest BCUT2D eigenvalue weighted by atomic mass is 9.71. The van der Waals surface area contributed by atoms with Gasteiger partial charge in [0.05, 0.1) is 11.5 Å². The van der Waals surface area contributed by atoms with Gasteiger partial charge in [-0.25, -0.2) is 13.1 Å². The largest absolute Gasteiger partial charge is 0.491 e. The fraction of sp³-hybridized carbons (Fsp3) is 0.571. The zero-order chi connectivity index (χ0) is 14.6. The molecule has 1 aromatic rings. The van der Waals surface area contributed by atoms with Crippen molar-refractivity contribution in [1.82, 2.24) is 4.72 Å². The molecule has 0 aromatic heterocycles. The van der Waals surface area contributed by atoms with E-state index >= 15 is 0 Å². The lowest BCUT2D eigenvalue weighted by Gasteiger charge is -2.38. The zero-order valence-electron chi connectivity index (χ0n) is 11.6. The predicted octanol–water partition coefficient (Wildman–Crippen LogP) is 1.53. The van der Waals surface area contributed by atoms with Crippen molar-refractivity contribution in [3.63, 3.8) is 0 Å². The van der Waals surface area contributed by atoms with E-state index in [2.05, 4.69) is 11.6 Å². The molecule has 1 aromatic carbocycles. The SMILES string of the molecule is CC1(CNS(=O)(=O)c2ccc(OCCO)cc2)CCC1. The molecule has 0 aliphatic heterocycles. The van der Waals surface area contributed by atoms with Crippen molar-refractivity contribution >= 4 is 10.0 Å². The molecule has 0 saturated heterocycles. The minimum absolute atomic E-state index is 0.0693. The molecule has 0 amide bonds. The minimum atomic E-state index is -3.46. The quantitative estimate of drug-likeness (QED) is 0.800. The summed E-state index contributed by atoms with van der Waals surface area (Å²) in [6.07, 6.45) is 3.32. The lowest BCUT2D eigenvalue weighted by molar-refractivity contribution is 0.166. The van der Waals surface area contributed by atoms with Gasteiger partial charge >= 0.3 is 0 Å². The van der Waals surface area contributed by atoms with E-state index in [0.717, 1.165) is 12.8 Å². The molecule has 2 N–H and O–H groups in total. The number of aliphatic hydroxyl groups excluding tert-OH is 1. The summed E-state index contributed by atoms with van der Waals surface area (Å²) in [5.74, 6) is 0.545. The van der Waals surface area contributed by atoms with Crippen molar-refractivity contribution < 1.29 is 18.3 Å². The van der Waals surface area contributed by atoms with Crippen molar-refractivity contribution in [3.05, 3.63) is 24.3 Å². The van der Waals surface area contributed by atoms with Crippen LogP contribution in [0.1, 0.15) is 26.2 Å². The molecule has 0 spiro atoms. The lowest BCUT2D eigenvalue weighted by Crippen LogP contribution is -2.39. The van der Waals surface area contributed by atoms with Gasteiger partial charge in [-0.2, -0.15) is 0 Å². The summed E-state index contributed by atoms with van der Waals surface area (Å²) in [6, 6.07) is 6.21. The van der Waals surface area contributed by atoms with Crippen molar-refractivity contribution in [2.75, 3.05) is 19.8 Å². The Kier molecular flexibility index (Phi) is 4.67. The summed E-state index contributed by atoms with van der Waals surface area (Å²) in [7, 11) is -3.46. The van der Waals surface area contributed by atoms with Crippen molar-refractivity contribution in [1.29, 1.82) is 0 Å². The number of sulfonamides is 1. The molecule has 1 saturated carbocycles. The second kappa shape index (κ2) is 6.11. The van der Waals surface area contributed by atoms with Crippen LogP contribution in [0.15, 0.2) is 29.2 Å². The maximum atomic E-state index is 12.2. The predicted molar refractivity (Wildman–Crippen MR) is 76.2 cm³/mol. The van der Waals surface area contributed by atoms with Crippen molar-refractivity contribution in [3.8, 4) is 5.75 Å². The molecule has 2 rings (SSSR count). The highest BCUT2D eigenvalue weighted by Crippen LogP contribution is 2.39. The first-order valence-corrected chi connectivity index (χ1v) is 8.27. The molecule has 0 radical (unpaired) electrons. The molecule has 6 heteroatoms. The van der Waals surface area contributed by atoms with Gasteiger partial charge in [-0.1, -0.05) is 13.3 Å². The second-order valence-corrected chi connectivity index (χ2v) is 7.30. The smallest absolute Gasteiger partial charge is 0.240 e. The maximum Gasteiger partial charge on any atom is 0.240 e. The molecule has 0 atom stereocenters. The third-order valence-electron chi connectivity index (χ3n) is 3.74. The van der Waals surface area contributed by atoms with E-state index < -0.39 is 10.0 Å². The number of hydrogen-bond acceptors (Lipinski definition) is 4. The molecular formula is C14H21NO4S. The fourth-order valence-electron chi connectivity index (χ4n) is 2.19. The summed E-state index contributed by atoms with van der Waals surface area (Å²) in [5.41, 5.74) is 0.108. The first-order valence-electron chi connectivity index (χ1n) is 6.79. The van der Waals surface area contributed by atoms with Crippen LogP contribution in [-0.4, -0.2) is 33.3 Å². The summed E-state index contributed by atoms with van der Waals surface area (Å²) in [5, 5.41) is 8.66. The van der Waals surface area contributed by atoms with Crippen molar-refractivity contribution in [2.24, 2.45) is 5.41 Å². The fourth-order valence-corrected chi connectivity index (χ4v) is 3.39. The van der Waals surface area contributed by atoms with Crippen LogP contribution in [0, 0.1) is 5.41 Å². The van der Waals surface area contributed by atoms with Gasteiger partial charge in [0.25, 0.3) is 0 Å². The van der Waals surface area contributed by atoms with Crippen LogP contribution in [0.4, 0.5) is 0 Å². The van der Waals surface area contributed by atoms with Crippen LogP contribution in [0.25, 0.3) is 0 Å². The highest BCUT2D eigenvalue weighted by atomic mass is 32.2. The van der Waals surface area contributed by atoms with Crippen molar-refractivity contribution in [2.45, 2.75) is 31.1 Å². The number of ether oxygens (including phenoxy) is 1. The van der Waals surface area contributed by atoms with Gasteiger partial charge in [-0.05, 0) is 42.5 Å². The molecule has 0 heterocycles. The molecule has 0 bridgehead atoms. The van der Waals surface area contributed by atoms with Gasteiger partial charge in [0, 0.05) is 6.54 Å². The average Bonchev–Trinajstić information content (AvgIpc) is 2.41. The zero-order valence-corrected chi connectivity index (χ0v) is 12.4. The Labute approximate surface area is 120 Å². The highest BCUT2D eigenvalue weighted by molar-refractivity contribution is 7.89. The Balaban J connectivity index is 1.98. The number of benzene rings is 1. The Bertz CT molecular complexity index is 535. The number of rotatable bonds is 7. The first kappa shape index (κ1) is 15.3. The minimum Gasteiger partial charge on any atom is -0.491 e. The van der Waals surface area contributed by atoms with Gasteiger partial charge in [0.2, 0.25) is 10.0 Å². The second-order valence-electron chi connectivity index (χ2n) is 5.53. The van der Waals surface area contributed by atoms with Gasteiger partial charge in [-0.3, -0.25) is 0 Å². The topological polar surface area (TPSA) is 75.6 Å². The molecule has 1 aliphatic carbocycles.